The van der Waals surface area contributed by atoms with Crippen LogP contribution >= 0.6 is 11.6 Å². The van der Waals surface area contributed by atoms with Crippen LogP contribution in [0.2, 0.25) is 5.02 Å². The first-order valence-corrected chi connectivity index (χ1v) is 10.5. The van der Waals surface area contributed by atoms with Gasteiger partial charge in [0.2, 0.25) is 11.9 Å². The number of aromatic nitrogens is 3. The van der Waals surface area contributed by atoms with Crippen LogP contribution in [0.15, 0.2) is 54.9 Å². The molecule has 7 heteroatoms. The zero-order chi connectivity index (χ0) is 21.3. The van der Waals surface area contributed by atoms with Crippen LogP contribution in [0.5, 0.6) is 5.75 Å². The van der Waals surface area contributed by atoms with Crippen molar-refractivity contribution in [3.8, 4) is 5.75 Å². The van der Waals surface area contributed by atoms with E-state index in [1.165, 1.54) is 6.33 Å². The Labute approximate surface area is 181 Å². The summed E-state index contributed by atoms with van der Waals surface area (Å²) in [5.74, 6) is 1.68. The molecule has 0 radical (unpaired) electrons. The summed E-state index contributed by atoms with van der Waals surface area (Å²) in [5.41, 5.74) is 2.13. The first-order valence-electron chi connectivity index (χ1n) is 10.1. The van der Waals surface area contributed by atoms with Gasteiger partial charge >= 0.3 is 0 Å². The van der Waals surface area contributed by atoms with Crippen molar-refractivity contribution in [2.45, 2.75) is 38.8 Å². The molecule has 0 saturated carbocycles. The topological polar surface area (TPSA) is 60.2 Å². The highest BCUT2D eigenvalue weighted by atomic mass is 35.5. The van der Waals surface area contributed by atoms with Gasteiger partial charge in [0.15, 0.2) is 0 Å². The van der Waals surface area contributed by atoms with Gasteiger partial charge in [0.1, 0.15) is 12.1 Å². The number of rotatable bonds is 5. The van der Waals surface area contributed by atoms with Gasteiger partial charge in [-0.1, -0.05) is 49.7 Å². The second-order valence-corrected chi connectivity index (χ2v) is 8.39. The number of carbonyl (C=O) groups is 1. The average molecular weight is 425 g/mol. The number of amides is 1. The highest BCUT2D eigenvalue weighted by Crippen LogP contribution is 2.42. The molecule has 1 amide bonds. The summed E-state index contributed by atoms with van der Waals surface area (Å²) in [6.07, 6.45) is 2.66. The maximum absolute atomic E-state index is 13.2. The van der Waals surface area contributed by atoms with Gasteiger partial charge in [-0.15, -0.1) is 0 Å². The van der Waals surface area contributed by atoms with E-state index in [1.54, 1.807) is 12.0 Å². The fourth-order valence-electron chi connectivity index (χ4n) is 4.00. The highest BCUT2D eigenvalue weighted by molar-refractivity contribution is 6.30. The number of benzene rings is 2. The zero-order valence-electron chi connectivity index (χ0n) is 17.3. The minimum atomic E-state index is -0.155. The summed E-state index contributed by atoms with van der Waals surface area (Å²) in [6.45, 7) is 4.09. The van der Waals surface area contributed by atoms with Crippen molar-refractivity contribution in [2.24, 2.45) is 5.92 Å². The van der Waals surface area contributed by atoms with E-state index in [0.29, 0.717) is 23.8 Å². The van der Waals surface area contributed by atoms with Crippen LogP contribution in [0, 0.1) is 5.92 Å². The van der Waals surface area contributed by atoms with E-state index in [4.69, 9.17) is 16.3 Å². The Bertz CT molecular complexity index is 1010. The molecule has 2 heterocycles. The lowest BCUT2D eigenvalue weighted by Crippen LogP contribution is -2.43. The number of carbonyl (C=O) groups excluding carboxylic acids is 1. The summed E-state index contributed by atoms with van der Waals surface area (Å²) in [4.78, 5) is 19.5. The Morgan fingerprint density at radius 2 is 1.73 bits per heavy atom. The lowest BCUT2D eigenvalue weighted by atomic mass is 9.91. The lowest BCUT2D eigenvalue weighted by Gasteiger charge is -2.39. The maximum atomic E-state index is 13.2. The van der Waals surface area contributed by atoms with Gasteiger partial charge in [-0.05, 0) is 47.7 Å². The standard InChI is InChI=1S/C23H25ClN4O2/c1-15(2)12-22(29)27-20(16-4-8-18(24)9-5-16)13-21(28-23(27)25-14-26-28)17-6-10-19(30-3)11-7-17/h4-11,14-15,20-21H,12-13H2,1-3H3. The predicted molar refractivity (Wildman–Crippen MR) is 117 cm³/mol. The number of ether oxygens (including phenoxy) is 1. The molecule has 0 spiro atoms. The first kappa shape index (κ1) is 20.4. The molecule has 2 atom stereocenters. The quantitative estimate of drug-likeness (QED) is 0.574. The Balaban J connectivity index is 1.79. The minimum absolute atomic E-state index is 0.0443. The first-order chi connectivity index (χ1) is 14.5. The second kappa shape index (κ2) is 8.48. The van der Waals surface area contributed by atoms with E-state index in [-0.39, 0.29) is 23.9 Å². The Hall–Kier alpha value is -2.86. The zero-order valence-corrected chi connectivity index (χ0v) is 18.1. The Morgan fingerprint density at radius 3 is 2.37 bits per heavy atom. The molecule has 1 aliphatic heterocycles. The van der Waals surface area contributed by atoms with Crippen molar-refractivity contribution in [3.63, 3.8) is 0 Å². The van der Waals surface area contributed by atoms with Gasteiger partial charge < -0.3 is 4.74 Å². The molecule has 2 unspecified atom stereocenters. The van der Waals surface area contributed by atoms with Crippen LogP contribution in [-0.2, 0) is 4.79 Å². The SMILES string of the molecule is COc1ccc(C2CC(c3ccc(Cl)cc3)N(C(=O)CC(C)C)c3ncnn32)cc1. The molecular formula is C23H25ClN4O2. The third kappa shape index (κ3) is 3.92. The molecule has 1 aromatic heterocycles. The Morgan fingerprint density at radius 1 is 1.10 bits per heavy atom. The molecule has 3 aromatic rings. The van der Waals surface area contributed by atoms with Crippen molar-refractivity contribution in [1.82, 2.24) is 14.8 Å². The van der Waals surface area contributed by atoms with Gasteiger partial charge in [0.25, 0.3) is 0 Å². The van der Waals surface area contributed by atoms with Crippen molar-refractivity contribution >= 4 is 23.5 Å². The molecule has 30 heavy (non-hydrogen) atoms. The van der Waals surface area contributed by atoms with E-state index in [1.807, 2.05) is 67.1 Å². The molecule has 6 nitrogen and oxygen atoms in total. The molecule has 4 rings (SSSR count). The number of nitrogens with zero attached hydrogens (tertiary/aromatic N) is 4. The summed E-state index contributed by atoms with van der Waals surface area (Å²) in [6, 6.07) is 15.5. The molecule has 0 saturated heterocycles. The lowest BCUT2D eigenvalue weighted by molar-refractivity contribution is -0.120. The van der Waals surface area contributed by atoms with E-state index >= 15 is 0 Å². The van der Waals surface area contributed by atoms with Gasteiger partial charge in [-0.25, -0.2) is 4.68 Å². The summed E-state index contributed by atoms with van der Waals surface area (Å²) < 4.78 is 7.15. The number of hydrogen-bond donors (Lipinski definition) is 0. The fraction of sp³-hybridized carbons (Fsp3) is 0.348. The van der Waals surface area contributed by atoms with Crippen LogP contribution in [-0.4, -0.2) is 27.8 Å². The number of methoxy groups -OCH3 is 1. The van der Waals surface area contributed by atoms with Crippen LogP contribution in [0.3, 0.4) is 0 Å². The van der Waals surface area contributed by atoms with E-state index in [2.05, 4.69) is 10.1 Å². The predicted octanol–water partition coefficient (Wildman–Crippen LogP) is 5.05. The van der Waals surface area contributed by atoms with Crippen LogP contribution in [0.25, 0.3) is 0 Å². The number of fused-ring (bicyclic) bond motifs is 1. The van der Waals surface area contributed by atoms with E-state index in [9.17, 15) is 4.79 Å². The summed E-state index contributed by atoms with van der Waals surface area (Å²) >= 11 is 6.12. The molecule has 1 aliphatic rings. The fourth-order valence-corrected chi connectivity index (χ4v) is 4.12. The smallest absolute Gasteiger partial charge is 0.231 e. The molecule has 0 bridgehead atoms. The highest BCUT2D eigenvalue weighted by Gasteiger charge is 2.39. The number of halogens is 1. The minimum Gasteiger partial charge on any atom is -0.497 e. The van der Waals surface area contributed by atoms with Gasteiger partial charge in [-0.2, -0.15) is 10.1 Å². The molecule has 2 aromatic carbocycles. The molecule has 0 aliphatic carbocycles. The third-order valence-corrected chi connectivity index (χ3v) is 5.68. The van der Waals surface area contributed by atoms with Gasteiger partial charge in [-0.3, -0.25) is 9.69 Å². The van der Waals surface area contributed by atoms with Crippen molar-refractivity contribution < 1.29 is 9.53 Å². The van der Waals surface area contributed by atoms with Crippen molar-refractivity contribution in [3.05, 3.63) is 71.0 Å². The van der Waals surface area contributed by atoms with Crippen LogP contribution < -0.4 is 9.64 Å². The molecule has 0 N–H and O–H groups in total. The van der Waals surface area contributed by atoms with E-state index in [0.717, 1.165) is 16.9 Å². The molecule has 156 valence electrons. The average Bonchev–Trinajstić information content (AvgIpc) is 3.22. The largest absolute Gasteiger partial charge is 0.497 e. The second-order valence-electron chi connectivity index (χ2n) is 7.96. The summed E-state index contributed by atoms with van der Waals surface area (Å²) in [7, 11) is 1.65. The normalized spacial score (nSPS) is 18.4. The van der Waals surface area contributed by atoms with Gasteiger partial charge in [0, 0.05) is 11.4 Å². The molecule has 0 fully saturated rings. The van der Waals surface area contributed by atoms with Crippen molar-refractivity contribution in [1.29, 1.82) is 0 Å². The van der Waals surface area contributed by atoms with Gasteiger partial charge in [0.05, 0.1) is 19.2 Å². The van der Waals surface area contributed by atoms with Crippen LogP contribution in [0.4, 0.5) is 5.95 Å². The Kier molecular flexibility index (Phi) is 5.77. The number of hydrogen-bond acceptors (Lipinski definition) is 4. The van der Waals surface area contributed by atoms with Crippen LogP contribution in [0.1, 0.15) is 49.9 Å². The number of anilines is 1. The monoisotopic (exact) mass is 424 g/mol. The molecular weight excluding hydrogens is 400 g/mol. The van der Waals surface area contributed by atoms with E-state index < -0.39 is 0 Å². The maximum Gasteiger partial charge on any atom is 0.231 e. The van der Waals surface area contributed by atoms with Crippen molar-refractivity contribution in [2.75, 3.05) is 12.0 Å². The summed E-state index contributed by atoms with van der Waals surface area (Å²) in [5, 5.41) is 5.14. The third-order valence-electron chi connectivity index (χ3n) is 5.43.